The Morgan fingerprint density at radius 2 is 2.45 bits per heavy atom. The Morgan fingerprint density at radius 1 is 1.55 bits per heavy atom. The summed E-state index contributed by atoms with van der Waals surface area (Å²) in [6.07, 6.45) is 1.88. The van der Waals surface area contributed by atoms with Crippen molar-refractivity contribution < 1.29 is 14.3 Å². The Morgan fingerprint density at radius 3 is 3.15 bits per heavy atom. The number of esters is 1. The molecule has 3 heterocycles. The van der Waals surface area contributed by atoms with Crippen molar-refractivity contribution in [2.45, 2.75) is 6.42 Å². The highest BCUT2D eigenvalue weighted by Crippen LogP contribution is 2.24. The number of aromatic amines is 1. The molecule has 0 aliphatic carbocycles. The second-order valence-electron chi connectivity index (χ2n) is 4.64. The predicted octanol–water partition coefficient (Wildman–Crippen LogP) is 1.43. The van der Waals surface area contributed by atoms with E-state index in [9.17, 15) is 9.59 Å². The number of carbonyl (C=O) groups excluding carboxylic acids is 2. The fourth-order valence-electron chi connectivity index (χ4n) is 2.12. The van der Waals surface area contributed by atoms with Crippen molar-refractivity contribution in [1.82, 2.24) is 15.5 Å². The van der Waals surface area contributed by atoms with Crippen LogP contribution in [-0.2, 0) is 9.53 Å². The number of thiophene rings is 1. The number of nitrogens with zero attached hydrogens (tertiary/aromatic N) is 1. The van der Waals surface area contributed by atoms with Crippen LogP contribution in [0.5, 0.6) is 0 Å². The van der Waals surface area contributed by atoms with Gasteiger partial charge in [0.05, 0.1) is 18.5 Å². The van der Waals surface area contributed by atoms with Gasteiger partial charge in [0.2, 0.25) is 5.91 Å². The lowest BCUT2D eigenvalue weighted by Crippen LogP contribution is -2.17. The zero-order valence-electron chi connectivity index (χ0n) is 10.6. The minimum Gasteiger partial charge on any atom is -0.462 e. The monoisotopic (exact) mass is 291 g/mol. The summed E-state index contributed by atoms with van der Waals surface area (Å²) in [4.78, 5) is 23.1. The first-order chi connectivity index (χ1) is 9.74. The topological polar surface area (TPSA) is 84.1 Å². The molecule has 1 saturated heterocycles. The Hall–Kier alpha value is -2.15. The summed E-state index contributed by atoms with van der Waals surface area (Å²) in [5, 5.41) is 13.3. The number of ether oxygens (including phenoxy) is 1. The van der Waals surface area contributed by atoms with E-state index in [1.165, 1.54) is 6.20 Å². The fourth-order valence-corrected chi connectivity index (χ4v) is 2.77. The molecule has 20 heavy (non-hydrogen) atoms. The lowest BCUT2D eigenvalue weighted by Gasteiger charge is -2.08. The average molecular weight is 291 g/mol. The van der Waals surface area contributed by atoms with Crippen LogP contribution in [0.15, 0.2) is 23.0 Å². The molecule has 1 aliphatic heterocycles. The molecule has 2 N–H and O–H groups in total. The van der Waals surface area contributed by atoms with Crippen LogP contribution in [0.2, 0.25) is 0 Å². The van der Waals surface area contributed by atoms with E-state index >= 15 is 0 Å². The molecule has 104 valence electrons. The van der Waals surface area contributed by atoms with Crippen molar-refractivity contribution in [1.29, 1.82) is 0 Å². The molecule has 1 fully saturated rings. The van der Waals surface area contributed by atoms with Gasteiger partial charge >= 0.3 is 5.97 Å². The molecule has 0 radical (unpaired) electrons. The summed E-state index contributed by atoms with van der Waals surface area (Å²) < 4.78 is 5.27. The van der Waals surface area contributed by atoms with E-state index in [4.69, 9.17) is 4.74 Å². The van der Waals surface area contributed by atoms with E-state index < -0.39 is 5.97 Å². The molecule has 2 aromatic heterocycles. The van der Waals surface area contributed by atoms with E-state index in [1.807, 2.05) is 16.8 Å². The number of nitrogens with one attached hydrogen (secondary N) is 2. The Bertz CT molecular complexity index is 621. The van der Waals surface area contributed by atoms with Gasteiger partial charge in [-0.05, 0) is 11.4 Å². The number of H-pyrrole nitrogens is 1. The SMILES string of the molecule is O=C1C[C@H](COC(=O)c2cn[nH]c2-c2ccsc2)CN1. The fraction of sp³-hybridized carbons (Fsp3) is 0.308. The van der Waals surface area contributed by atoms with Crippen molar-refractivity contribution in [3.63, 3.8) is 0 Å². The molecular formula is C13H13N3O3S. The molecule has 6 nitrogen and oxygen atoms in total. The van der Waals surface area contributed by atoms with Crippen LogP contribution in [0, 0.1) is 5.92 Å². The third kappa shape index (κ3) is 2.57. The maximum Gasteiger partial charge on any atom is 0.341 e. The number of aromatic nitrogens is 2. The molecule has 0 bridgehead atoms. The molecule has 0 saturated carbocycles. The van der Waals surface area contributed by atoms with E-state index in [0.29, 0.717) is 24.2 Å². The van der Waals surface area contributed by atoms with Crippen LogP contribution in [0.3, 0.4) is 0 Å². The third-order valence-corrected chi connectivity index (χ3v) is 3.86. The number of rotatable bonds is 4. The minimum absolute atomic E-state index is 0.00771. The number of amides is 1. The summed E-state index contributed by atoms with van der Waals surface area (Å²) in [6, 6.07) is 1.91. The van der Waals surface area contributed by atoms with Gasteiger partial charge in [0.15, 0.2) is 0 Å². The van der Waals surface area contributed by atoms with Crippen LogP contribution >= 0.6 is 11.3 Å². The van der Waals surface area contributed by atoms with E-state index in [0.717, 1.165) is 5.56 Å². The highest BCUT2D eigenvalue weighted by molar-refractivity contribution is 7.08. The highest BCUT2D eigenvalue weighted by atomic mass is 32.1. The van der Waals surface area contributed by atoms with Crippen molar-refractivity contribution in [3.8, 4) is 11.3 Å². The quantitative estimate of drug-likeness (QED) is 0.835. The van der Waals surface area contributed by atoms with Gasteiger partial charge in [0, 0.05) is 29.8 Å². The van der Waals surface area contributed by atoms with Crippen molar-refractivity contribution in [3.05, 3.63) is 28.6 Å². The summed E-state index contributed by atoms with van der Waals surface area (Å²) in [5.41, 5.74) is 2.00. The summed E-state index contributed by atoms with van der Waals surface area (Å²) in [6.45, 7) is 0.806. The van der Waals surface area contributed by atoms with Gasteiger partial charge in [-0.3, -0.25) is 9.89 Å². The average Bonchev–Trinajstić information content (AvgIpc) is 3.16. The molecule has 2 aromatic rings. The molecular weight excluding hydrogens is 278 g/mol. The van der Waals surface area contributed by atoms with Gasteiger partial charge in [-0.15, -0.1) is 0 Å². The number of hydrogen-bond acceptors (Lipinski definition) is 5. The first-order valence-corrected chi connectivity index (χ1v) is 7.18. The second-order valence-corrected chi connectivity index (χ2v) is 5.42. The molecule has 1 atom stereocenters. The van der Waals surface area contributed by atoms with E-state index in [2.05, 4.69) is 15.5 Å². The number of carbonyl (C=O) groups is 2. The van der Waals surface area contributed by atoms with Crippen LogP contribution < -0.4 is 5.32 Å². The van der Waals surface area contributed by atoms with Crippen LogP contribution in [0.25, 0.3) is 11.3 Å². The molecule has 7 heteroatoms. The van der Waals surface area contributed by atoms with E-state index in [1.54, 1.807) is 11.3 Å². The molecule has 1 amide bonds. The van der Waals surface area contributed by atoms with Gasteiger partial charge in [-0.1, -0.05) is 0 Å². The second kappa shape index (κ2) is 5.46. The smallest absolute Gasteiger partial charge is 0.341 e. The predicted molar refractivity (Wildman–Crippen MR) is 73.3 cm³/mol. The van der Waals surface area contributed by atoms with Crippen molar-refractivity contribution >= 4 is 23.2 Å². The van der Waals surface area contributed by atoms with Crippen LogP contribution in [0.1, 0.15) is 16.8 Å². The Labute approximate surface area is 119 Å². The highest BCUT2D eigenvalue weighted by Gasteiger charge is 2.24. The van der Waals surface area contributed by atoms with Crippen LogP contribution in [0.4, 0.5) is 0 Å². The molecule has 1 aliphatic rings. The lowest BCUT2D eigenvalue weighted by molar-refractivity contribution is -0.119. The Balaban J connectivity index is 1.66. The normalized spacial score (nSPS) is 18.0. The van der Waals surface area contributed by atoms with Crippen LogP contribution in [-0.4, -0.2) is 35.2 Å². The maximum atomic E-state index is 12.1. The molecule has 0 spiro atoms. The van der Waals surface area contributed by atoms with Crippen molar-refractivity contribution in [2.24, 2.45) is 5.92 Å². The standard InChI is InChI=1S/C13H13N3O3S/c17-11-3-8(4-14-11)6-19-13(18)10-5-15-16-12(10)9-1-2-20-7-9/h1-2,5,7-8H,3-4,6H2,(H,14,17)(H,15,16)/t8-/m0/s1. The summed E-state index contributed by atoms with van der Waals surface area (Å²) >= 11 is 1.55. The maximum absolute atomic E-state index is 12.1. The number of hydrogen-bond donors (Lipinski definition) is 2. The van der Waals surface area contributed by atoms with Gasteiger partial charge in [-0.2, -0.15) is 16.4 Å². The lowest BCUT2D eigenvalue weighted by atomic mass is 10.1. The molecule has 3 rings (SSSR count). The largest absolute Gasteiger partial charge is 0.462 e. The minimum atomic E-state index is -0.417. The first kappa shape index (κ1) is 12.9. The zero-order chi connectivity index (χ0) is 13.9. The zero-order valence-corrected chi connectivity index (χ0v) is 11.4. The van der Waals surface area contributed by atoms with Crippen molar-refractivity contribution in [2.75, 3.05) is 13.2 Å². The van der Waals surface area contributed by atoms with Gasteiger partial charge < -0.3 is 10.1 Å². The Kier molecular flexibility index (Phi) is 3.51. The molecule has 0 unspecified atom stereocenters. The van der Waals surface area contributed by atoms with Gasteiger partial charge in [0.25, 0.3) is 0 Å². The van der Waals surface area contributed by atoms with E-state index in [-0.39, 0.29) is 18.4 Å². The first-order valence-electron chi connectivity index (χ1n) is 6.24. The summed E-state index contributed by atoms with van der Waals surface area (Å²) in [7, 11) is 0. The summed E-state index contributed by atoms with van der Waals surface area (Å²) in [5.74, 6) is -0.351. The van der Waals surface area contributed by atoms with Gasteiger partial charge in [-0.25, -0.2) is 4.79 Å². The molecule has 0 aromatic carbocycles. The van der Waals surface area contributed by atoms with Gasteiger partial charge in [0.1, 0.15) is 5.56 Å². The third-order valence-electron chi connectivity index (χ3n) is 3.18.